The SMILES string of the molecule is O=C1C=C2c3ccccc3C(=O)N2C1/C=C(\Cl)CI. The molecule has 3 nitrogen and oxygen atoms in total. The highest BCUT2D eigenvalue weighted by molar-refractivity contribution is 14.1. The second-order valence-corrected chi connectivity index (χ2v) is 5.59. The van der Waals surface area contributed by atoms with Crippen molar-refractivity contribution in [2.24, 2.45) is 0 Å². The number of rotatable bonds is 2. The van der Waals surface area contributed by atoms with E-state index in [1.165, 1.54) is 11.0 Å². The fourth-order valence-corrected chi connectivity index (χ4v) is 2.78. The topological polar surface area (TPSA) is 37.4 Å². The van der Waals surface area contributed by atoms with Crippen LogP contribution in [-0.4, -0.2) is 27.1 Å². The van der Waals surface area contributed by atoms with Gasteiger partial charge in [-0.2, -0.15) is 0 Å². The van der Waals surface area contributed by atoms with Gasteiger partial charge < -0.3 is 0 Å². The summed E-state index contributed by atoms with van der Waals surface area (Å²) in [7, 11) is 0. The lowest BCUT2D eigenvalue weighted by atomic mass is 10.1. The van der Waals surface area contributed by atoms with Crippen LogP contribution < -0.4 is 0 Å². The number of alkyl halides is 1. The number of hydrogen-bond donors (Lipinski definition) is 0. The zero-order valence-electron chi connectivity index (χ0n) is 9.77. The Kier molecular flexibility index (Phi) is 3.22. The number of amides is 1. The molecule has 3 rings (SSSR count). The van der Waals surface area contributed by atoms with Crippen LogP contribution in [0.2, 0.25) is 0 Å². The Morgan fingerprint density at radius 3 is 2.68 bits per heavy atom. The fraction of sp³-hybridized carbons (Fsp3) is 0.143. The standard InChI is InChI=1S/C14H9ClINO2/c15-8(7-16)5-12-13(18)6-11-9-3-1-2-4-10(9)14(19)17(11)12/h1-6,12H,7H2/b8-5-. The lowest BCUT2D eigenvalue weighted by molar-refractivity contribution is -0.115. The summed E-state index contributed by atoms with van der Waals surface area (Å²) in [5, 5.41) is 0.581. The second kappa shape index (κ2) is 4.76. The van der Waals surface area contributed by atoms with Gasteiger partial charge in [0.05, 0.1) is 5.70 Å². The number of hydrogen-bond acceptors (Lipinski definition) is 2. The molecular weight excluding hydrogens is 377 g/mol. The summed E-state index contributed by atoms with van der Waals surface area (Å²) < 4.78 is 0.618. The van der Waals surface area contributed by atoms with Gasteiger partial charge in [0, 0.05) is 26.7 Å². The average Bonchev–Trinajstić information content (AvgIpc) is 2.88. The van der Waals surface area contributed by atoms with Crippen molar-refractivity contribution in [2.75, 3.05) is 4.43 Å². The van der Waals surface area contributed by atoms with Crippen molar-refractivity contribution in [1.82, 2.24) is 4.90 Å². The van der Waals surface area contributed by atoms with Gasteiger partial charge in [0.1, 0.15) is 6.04 Å². The Labute approximate surface area is 129 Å². The molecule has 0 saturated heterocycles. The van der Waals surface area contributed by atoms with E-state index < -0.39 is 6.04 Å². The molecule has 0 fully saturated rings. The first-order valence-electron chi connectivity index (χ1n) is 5.74. The van der Waals surface area contributed by atoms with Crippen molar-refractivity contribution in [3.05, 3.63) is 52.6 Å². The van der Waals surface area contributed by atoms with Crippen molar-refractivity contribution in [3.63, 3.8) is 0 Å². The largest absolute Gasteiger partial charge is 0.293 e. The first kappa shape index (κ1) is 12.9. The second-order valence-electron chi connectivity index (χ2n) is 4.34. The third-order valence-corrected chi connectivity index (χ3v) is 4.76. The Bertz CT molecular complexity index is 651. The zero-order chi connectivity index (χ0) is 13.6. The molecule has 1 aromatic carbocycles. The molecule has 5 heteroatoms. The Balaban J connectivity index is 2.08. The maximum atomic E-state index is 12.4. The molecule has 0 N–H and O–H groups in total. The van der Waals surface area contributed by atoms with Crippen molar-refractivity contribution >= 4 is 51.6 Å². The number of carbonyl (C=O) groups excluding carboxylic acids is 2. The van der Waals surface area contributed by atoms with E-state index in [4.69, 9.17) is 11.6 Å². The van der Waals surface area contributed by atoms with Crippen LogP contribution >= 0.6 is 34.2 Å². The third kappa shape index (κ3) is 1.94. The van der Waals surface area contributed by atoms with Crippen LogP contribution in [-0.2, 0) is 4.79 Å². The van der Waals surface area contributed by atoms with Crippen LogP contribution in [0.5, 0.6) is 0 Å². The molecule has 1 unspecified atom stereocenters. The molecule has 2 aliphatic rings. The minimum atomic E-state index is -0.600. The third-order valence-electron chi connectivity index (χ3n) is 3.23. The minimum Gasteiger partial charge on any atom is -0.293 e. The van der Waals surface area contributed by atoms with Crippen LogP contribution in [0.3, 0.4) is 0 Å². The van der Waals surface area contributed by atoms with Crippen molar-refractivity contribution < 1.29 is 9.59 Å². The fourth-order valence-electron chi connectivity index (χ4n) is 2.41. The molecule has 2 aliphatic heterocycles. The minimum absolute atomic E-state index is 0.0964. The highest BCUT2D eigenvalue weighted by Gasteiger charge is 2.43. The van der Waals surface area contributed by atoms with E-state index in [2.05, 4.69) is 22.6 Å². The summed E-state index contributed by atoms with van der Waals surface area (Å²) >= 11 is 8.12. The number of benzene rings is 1. The van der Waals surface area contributed by atoms with E-state index in [1.54, 1.807) is 12.1 Å². The van der Waals surface area contributed by atoms with Crippen LogP contribution in [0.4, 0.5) is 0 Å². The summed E-state index contributed by atoms with van der Waals surface area (Å²) in [5.74, 6) is -0.229. The molecule has 0 bridgehead atoms. The molecular formula is C14H9ClINO2. The average molecular weight is 386 g/mol. The monoisotopic (exact) mass is 385 g/mol. The van der Waals surface area contributed by atoms with Crippen molar-refractivity contribution in [3.8, 4) is 0 Å². The smallest absolute Gasteiger partial charge is 0.259 e. The van der Waals surface area contributed by atoms with Crippen LogP contribution in [0.25, 0.3) is 5.70 Å². The zero-order valence-corrected chi connectivity index (χ0v) is 12.7. The molecule has 0 saturated carbocycles. The van der Waals surface area contributed by atoms with Crippen LogP contribution in [0.1, 0.15) is 15.9 Å². The van der Waals surface area contributed by atoms with E-state index >= 15 is 0 Å². The number of halogens is 2. The molecule has 0 radical (unpaired) electrons. The highest BCUT2D eigenvalue weighted by atomic mass is 127. The van der Waals surface area contributed by atoms with Crippen molar-refractivity contribution in [2.45, 2.75) is 6.04 Å². The van der Waals surface area contributed by atoms with Gasteiger partial charge in [-0.15, -0.1) is 0 Å². The van der Waals surface area contributed by atoms with Gasteiger partial charge in [-0.3, -0.25) is 14.5 Å². The lowest BCUT2D eigenvalue weighted by Gasteiger charge is -2.18. The van der Waals surface area contributed by atoms with E-state index in [0.717, 1.165) is 5.56 Å². The molecule has 0 aromatic heterocycles. The molecule has 0 aliphatic carbocycles. The van der Waals surface area contributed by atoms with Gasteiger partial charge >= 0.3 is 0 Å². The Morgan fingerprint density at radius 2 is 2.00 bits per heavy atom. The van der Waals surface area contributed by atoms with E-state index in [0.29, 0.717) is 20.7 Å². The normalized spacial score (nSPS) is 21.6. The molecule has 1 amide bonds. The number of fused-ring (bicyclic) bond motifs is 3. The van der Waals surface area contributed by atoms with Gasteiger partial charge in [0.2, 0.25) is 0 Å². The van der Waals surface area contributed by atoms with Crippen molar-refractivity contribution in [1.29, 1.82) is 0 Å². The lowest BCUT2D eigenvalue weighted by Crippen LogP contribution is -2.34. The van der Waals surface area contributed by atoms with Gasteiger partial charge in [-0.1, -0.05) is 52.4 Å². The van der Waals surface area contributed by atoms with Gasteiger partial charge in [0.25, 0.3) is 5.91 Å². The number of carbonyl (C=O) groups is 2. The summed E-state index contributed by atoms with van der Waals surface area (Å²) in [5.41, 5.74) is 2.15. The highest BCUT2D eigenvalue weighted by Crippen LogP contribution is 2.39. The molecule has 1 atom stereocenters. The maximum Gasteiger partial charge on any atom is 0.259 e. The van der Waals surface area contributed by atoms with E-state index in [1.807, 2.05) is 18.2 Å². The quantitative estimate of drug-likeness (QED) is 0.580. The predicted octanol–water partition coefficient (Wildman–Crippen LogP) is 2.99. The number of allylic oxidation sites excluding steroid dienone is 1. The molecule has 19 heavy (non-hydrogen) atoms. The maximum absolute atomic E-state index is 12.4. The van der Waals surface area contributed by atoms with Gasteiger partial charge in [-0.05, 0) is 12.1 Å². The molecule has 96 valence electrons. The first-order valence-corrected chi connectivity index (χ1v) is 7.64. The van der Waals surface area contributed by atoms with Gasteiger partial charge in [0.15, 0.2) is 5.78 Å². The van der Waals surface area contributed by atoms with E-state index in [-0.39, 0.29) is 11.7 Å². The summed E-state index contributed by atoms with van der Waals surface area (Å²) in [6.45, 7) is 0. The molecule has 2 heterocycles. The van der Waals surface area contributed by atoms with Crippen LogP contribution in [0, 0.1) is 0 Å². The summed E-state index contributed by atoms with van der Waals surface area (Å²) in [6, 6.07) is 6.73. The Morgan fingerprint density at radius 1 is 1.32 bits per heavy atom. The predicted molar refractivity (Wildman–Crippen MR) is 82.2 cm³/mol. The molecule has 0 spiro atoms. The first-order chi connectivity index (χ1) is 9.13. The Hall–Kier alpha value is -1.14. The van der Waals surface area contributed by atoms with E-state index in [9.17, 15) is 9.59 Å². The summed E-state index contributed by atoms with van der Waals surface area (Å²) in [6.07, 6.45) is 3.19. The summed E-state index contributed by atoms with van der Waals surface area (Å²) in [4.78, 5) is 25.9. The molecule has 1 aromatic rings. The number of ketones is 1. The number of nitrogens with zero attached hydrogens (tertiary/aromatic N) is 1. The van der Waals surface area contributed by atoms with Gasteiger partial charge in [-0.25, -0.2) is 0 Å². The van der Waals surface area contributed by atoms with Crippen LogP contribution in [0.15, 0.2) is 41.4 Å².